The quantitative estimate of drug-likeness (QED) is 0.702. The van der Waals surface area contributed by atoms with Gasteiger partial charge in [0.15, 0.2) is 0 Å². The molecule has 3 aromatic rings. The summed E-state index contributed by atoms with van der Waals surface area (Å²) in [6.45, 7) is 0. The third-order valence-electron chi connectivity index (χ3n) is 2.70. The second kappa shape index (κ2) is 5.41. The van der Waals surface area contributed by atoms with E-state index in [1.54, 1.807) is 18.2 Å². The Labute approximate surface area is 119 Å². The molecule has 0 unspecified atom stereocenters. The van der Waals surface area contributed by atoms with Gasteiger partial charge in [-0.3, -0.25) is 24.9 Å². The number of carbonyl (C=O) groups is 2. The molecule has 0 bridgehead atoms. The van der Waals surface area contributed by atoms with Crippen LogP contribution >= 0.6 is 0 Å². The molecule has 0 fully saturated rings. The second-order valence-electron chi connectivity index (χ2n) is 4.12. The van der Waals surface area contributed by atoms with Gasteiger partial charge in [-0.2, -0.15) is 0 Å². The van der Waals surface area contributed by atoms with Gasteiger partial charge in [0.1, 0.15) is 11.4 Å². The molecule has 1 N–H and O–H groups in total. The lowest BCUT2D eigenvalue weighted by Gasteiger charge is -2.03. The number of nitrogens with one attached hydrogen (secondary N) is 1. The number of benzene rings is 1. The topological polar surface area (TPSA) is 97.7 Å². The van der Waals surface area contributed by atoms with Crippen LogP contribution in [0.3, 0.4) is 0 Å². The Balaban J connectivity index is 1.82. The van der Waals surface area contributed by atoms with Crippen molar-refractivity contribution in [3.63, 3.8) is 0 Å². The minimum absolute atomic E-state index is 0.0552. The molecule has 0 radical (unpaired) electrons. The van der Waals surface area contributed by atoms with Crippen LogP contribution in [0.4, 0.5) is 0 Å². The van der Waals surface area contributed by atoms with Gasteiger partial charge in [-0.25, -0.2) is 9.97 Å². The summed E-state index contributed by atoms with van der Waals surface area (Å²) in [5.74, 6) is -1.27. The van der Waals surface area contributed by atoms with Crippen LogP contribution in [0.25, 0.3) is 11.0 Å². The molecule has 3 rings (SSSR count). The van der Waals surface area contributed by atoms with Crippen molar-refractivity contribution in [2.24, 2.45) is 0 Å². The number of hydrogen-bond donors (Lipinski definition) is 1. The molecule has 2 aromatic heterocycles. The lowest BCUT2D eigenvalue weighted by Crippen LogP contribution is -2.31. The number of fused-ring (bicyclic) bond motifs is 1. The molecule has 2 amide bonds. The first-order chi connectivity index (χ1) is 10.2. The highest BCUT2D eigenvalue weighted by Crippen LogP contribution is 2.08. The normalized spacial score (nSPS) is 10.3. The number of para-hydroxylation sites is 2. The van der Waals surface area contributed by atoms with E-state index in [-0.39, 0.29) is 11.4 Å². The Morgan fingerprint density at radius 2 is 1.62 bits per heavy atom. The zero-order chi connectivity index (χ0) is 14.7. The molecule has 0 aliphatic rings. The van der Waals surface area contributed by atoms with Crippen molar-refractivity contribution in [1.82, 2.24) is 25.3 Å². The van der Waals surface area contributed by atoms with Crippen LogP contribution < -0.4 is 5.32 Å². The fourth-order valence-electron chi connectivity index (χ4n) is 1.71. The zero-order valence-corrected chi connectivity index (χ0v) is 10.7. The summed E-state index contributed by atoms with van der Waals surface area (Å²) < 4.78 is 0. The van der Waals surface area contributed by atoms with Crippen molar-refractivity contribution < 1.29 is 9.59 Å². The van der Waals surface area contributed by atoms with Crippen molar-refractivity contribution in [1.29, 1.82) is 0 Å². The van der Waals surface area contributed by atoms with Gasteiger partial charge in [0.05, 0.1) is 23.4 Å². The van der Waals surface area contributed by atoms with Crippen LogP contribution in [-0.4, -0.2) is 31.8 Å². The molecule has 1 aromatic carbocycles. The summed E-state index contributed by atoms with van der Waals surface area (Å²) in [5.41, 5.74) is 1.37. The Morgan fingerprint density at radius 3 is 2.38 bits per heavy atom. The highest BCUT2D eigenvalue weighted by atomic mass is 16.2. The molecule has 7 heteroatoms. The Bertz CT molecular complexity index is 820. The summed E-state index contributed by atoms with van der Waals surface area (Å²) in [4.78, 5) is 39.7. The van der Waals surface area contributed by atoms with Gasteiger partial charge in [0, 0.05) is 12.4 Å². The fraction of sp³-hybridized carbons (Fsp3) is 0. The summed E-state index contributed by atoms with van der Waals surface area (Å²) >= 11 is 0. The third-order valence-corrected chi connectivity index (χ3v) is 2.70. The number of aromatic nitrogens is 4. The van der Waals surface area contributed by atoms with Crippen molar-refractivity contribution in [3.05, 3.63) is 60.4 Å². The van der Waals surface area contributed by atoms with Gasteiger partial charge in [-0.05, 0) is 12.1 Å². The molecule has 0 spiro atoms. The first kappa shape index (κ1) is 12.8. The standard InChI is InChI=1S/C14H9N5O2/c20-13(11-7-15-5-6-16-11)19-14(21)12-8-17-9-3-1-2-4-10(9)18-12/h1-8H,(H,19,20,21). The van der Waals surface area contributed by atoms with Gasteiger partial charge in [0.2, 0.25) is 0 Å². The maximum absolute atomic E-state index is 12.0. The van der Waals surface area contributed by atoms with Crippen molar-refractivity contribution in [3.8, 4) is 0 Å². The second-order valence-corrected chi connectivity index (χ2v) is 4.12. The Morgan fingerprint density at radius 1 is 0.857 bits per heavy atom. The van der Waals surface area contributed by atoms with Crippen molar-refractivity contribution in [2.45, 2.75) is 0 Å². The Kier molecular flexibility index (Phi) is 3.30. The number of carbonyl (C=O) groups excluding carboxylic acids is 2. The van der Waals surface area contributed by atoms with E-state index >= 15 is 0 Å². The maximum Gasteiger partial charge on any atom is 0.278 e. The molecule has 0 aliphatic carbocycles. The molecule has 2 heterocycles. The third kappa shape index (κ3) is 2.71. The molecule has 0 aliphatic heterocycles. The minimum Gasteiger partial charge on any atom is -0.285 e. The number of imide groups is 1. The van der Waals surface area contributed by atoms with E-state index in [4.69, 9.17) is 0 Å². The summed E-state index contributed by atoms with van der Waals surface area (Å²) in [6.07, 6.45) is 5.40. The average molecular weight is 279 g/mol. The number of rotatable bonds is 2. The lowest BCUT2D eigenvalue weighted by molar-refractivity contribution is 0.0843. The first-order valence-electron chi connectivity index (χ1n) is 6.07. The smallest absolute Gasteiger partial charge is 0.278 e. The van der Waals surface area contributed by atoms with E-state index < -0.39 is 11.8 Å². The number of nitrogens with zero attached hydrogens (tertiary/aromatic N) is 4. The summed E-state index contributed by atoms with van der Waals surface area (Å²) in [7, 11) is 0. The van der Waals surface area contributed by atoms with E-state index in [0.29, 0.717) is 11.0 Å². The molecule has 0 saturated heterocycles. The SMILES string of the molecule is O=C(NC(=O)c1cnc2ccccc2n1)c1cnccn1. The molecule has 102 valence electrons. The molecule has 7 nitrogen and oxygen atoms in total. The number of amides is 2. The van der Waals surface area contributed by atoms with Crippen LogP contribution in [0, 0.1) is 0 Å². The summed E-state index contributed by atoms with van der Waals surface area (Å²) in [5, 5.41) is 2.19. The fourth-order valence-corrected chi connectivity index (χ4v) is 1.71. The van der Waals surface area contributed by atoms with Crippen molar-refractivity contribution >= 4 is 22.8 Å². The maximum atomic E-state index is 12.0. The molecular formula is C14H9N5O2. The molecule has 21 heavy (non-hydrogen) atoms. The summed E-state index contributed by atoms with van der Waals surface area (Å²) in [6, 6.07) is 7.15. The molecule has 0 saturated carbocycles. The van der Waals surface area contributed by atoms with E-state index in [0.717, 1.165) is 0 Å². The average Bonchev–Trinajstić information content (AvgIpc) is 2.55. The van der Waals surface area contributed by atoms with E-state index in [2.05, 4.69) is 25.3 Å². The van der Waals surface area contributed by atoms with E-state index in [1.807, 2.05) is 6.07 Å². The van der Waals surface area contributed by atoms with E-state index in [1.165, 1.54) is 24.8 Å². The monoisotopic (exact) mass is 279 g/mol. The van der Waals surface area contributed by atoms with E-state index in [9.17, 15) is 9.59 Å². The van der Waals surface area contributed by atoms with Gasteiger partial charge < -0.3 is 0 Å². The predicted molar refractivity (Wildman–Crippen MR) is 73.4 cm³/mol. The van der Waals surface area contributed by atoms with Crippen LogP contribution in [0.15, 0.2) is 49.1 Å². The van der Waals surface area contributed by atoms with Gasteiger partial charge in [-0.1, -0.05) is 12.1 Å². The first-order valence-corrected chi connectivity index (χ1v) is 6.07. The predicted octanol–water partition coefficient (Wildman–Crippen LogP) is 0.990. The van der Waals surface area contributed by atoms with Gasteiger partial charge >= 0.3 is 0 Å². The molecular weight excluding hydrogens is 270 g/mol. The molecule has 0 atom stereocenters. The van der Waals surface area contributed by atoms with Crippen LogP contribution in [0.5, 0.6) is 0 Å². The zero-order valence-electron chi connectivity index (χ0n) is 10.7. The van der Waals surface area contributed by atoms with Crippen LogP contribution in [-0.2, 0) is 0 Å². The number of hydrogen-bond acceptors (Lipinski definition) is 6. The van der Waals surface area contributed by atoms with Crippen LogP contribution in [0.1, 0.15) is 21.0 Å². The highest BCUT2D eigenvalue weighted by Gasteiger charge is 2.15. The Hall–Kier alpha value is -3.22. The van der Waals surface area contributed by atoms with Gasteiger partial charge in [-0.15, -0.1) is 0 Å². The minimum atomic E-state index is -0.636. The lowest BCUT2D eigenvalue weighted by atomic mass is 10.3. The van der Waals surface area contributed by atoms with Crippen LogP contribution in [0.2, 0.25) is 0 Å². The van der Waals surface area contributed by atoms with Crippen molar-refractivity contribution in [2.75, 3.05) is 0 Å². The highest BCUT2D eigenvalue weighted by molar-refractivity contribution is 6.09. The largest absolute Gasteiger partial charge is 0.285 e. The van der Waals surface area contributed by atoms with Gasteiger partial charge in [0.25, 0.3) is 11.8 Å².